The topological polar surface area (TPSA) is 66.5 Å². The molecule has 5 nitrogen and oxygen atoms in total. The zero-order valence-electron chi connectivity index (χ0n) is 12.6. The number of anilines is 1. The third-order valence-electron chi connectivity index (χ3n) is 5.21. The molecular formula is C18H18N2O3. The predicted octanol–water partition coefficient (Wildman–Crippen LogP) is 1.82. The molecule has 1 aromatic carbocycles. The largest absolute Gasteiger partial charge is 0.325 e. The molecule has 0 spiro atoms. The molecular weight excluding hydrogens is 292 g/mol. The van der Waals surface area contributed by atoms with Gasteiger partial charge in [0.15, 0.2) is 0 Å². The van der Waals surface area contributed by atoms with E-state index in [2.05, 4.69) is 17.5 Å². The Morgan fingerprint density at radius 1 is 1.00 bits per heavy atom. The molecule has 2 bridgehead atoms. The van der Waals surface area contributed by atoms with E-state index in [0.29, 0.717) is 5.69 Å². The van der Waals surface area contributed by atoms with E-state index in [4.69, 9.17) is 0 Å². The average molecular weight is 310 g/mol. The van der Waals surface area contributed by atoms with Crippen LogP contribution in [0, 0.1) is 23.7 Å². The number of nitrogens with zero attached hydrogens (tertiary/aromatic N) is 1. The molecule has 23 heavy (non-hydrogen) atoms. The number of para-hydroxylation sites is 1. The molecule has 2 fully saturated rings. The second-order valence-electron chi connectivity index (χ2n) is 6.52. The van der Waals surface area contributed by atoms with Gasteiger partial charge >= 0.3 is 0 Å². The quantitative estimate of drug-likeness (QED) is 0.684. The average Bonchev–Trinajstić information content (AvgIpc) is 2.84. The van der Waals surface area contributed by atoms with Gasteiger partial charge in [-0.05, 0) is 36.8 Å². The number of imide groups is 1. The second-order valence-corrected chi connectivity index (χ2v) is 6.52. The van der Waals surface area contributed by atoms with Crippen LogP contribution in [0.15, 0.2) is 42.5 Å². The van der Waals surface area contributed by atoms with Crippen LogP contribution < -0.4 is 5.32 Å². The summed E-state index contributed by atoms with van der Waals surface area (Å²) >= 11 is 0. The van der Waals surface area contributed by atoms with Crippen molar-refractivity contribution < 1.29 is 14.4 Å². The van der Waals surface area contributed by atoms with Gasteiger partial charge in [-0.1, -0.05) is 30.4 Å². The maximum atomic E-state index is 12.6. The van der Waals surface area contributed by atoms with Gasteiger partial charge in [0.1, 0.15) is 6.54 Å². The van der Waals surface area contributed by atoms with Crippen LogP contribution in [0.3, 0.4) is 0 Å². The van der Waals surface area contributed by atoms with Crippen LogP contribution in [0.2, 0.25) is 0 Å². The number of carbonyl (C=O) groups is 3. The predicted molar refractivity (Wildman–Crippen MR) is 84.1 cm³/mol. The number of hydrogen-bond donors (Lipinski definition) is 1. The number of fused-ring (bicyclic) bond motifs is 1. The van der Waals surface area contributed by atoms with Crippen LogP contribution in [0.1, 0.15) is 12.8 Å². The van der Waals surface area contributed by atoms with E-state index in [1.807, 2.05) is 18.2 Å². The summed E-state index contributed by atoms with van der Waals surface area (Å²) in [5.74, 6) is -0.889. The van der Waals surface area contributed by atoms with Gasteiger partial charge in [-0.2, -0.15) is 0 Å². The van der Waals surface area contributed by atoms with Gasteiger partial charge in [0.05, 0.1) is 11.8 Å². The Kier molecular flexibility index (Phi) is 3.29. The lowest BCUT2D eigenvalue weighted by Gasteiger charge is -2.38. The van der Waals surface area contributed by atoms with E-state index in [1.165, 1.54) is 0 Å². The fourth-order valence-corrected chi connectivity index (χ4v) is 4.16. The molecule has 5 rings (SSSR count). The molecule has 4 aliphatic rings. The van der Waals surface area contributed by atoms with Gasteiger partial charge in [0, 0.05) is 5.69 Å². The minimum Gasteiger partial charge on any atom is -0.325 e. The molecule has 4 unspecified atom stereocenters. The van der Waals surface area contributed by atoms with Crippen molar-refractivity contribution in [3.8, 4) is 0 Å². The lowest BCUT2D eigenvalue weighted by atomic mass is 9.63. The first-order valence-electron chi connectivity index (χ1n) is 8.03. The first kappa shape index (κ1) is 14.2. The summed E-state index contributed by atoms with van der Waals surface area (Å²) in [6.07, 6.45) is 6.08. The Labute approximate surface area is 134 Å². The normalized spacial score (nSPS) is 31.4. The summed E-state index contributed by atoms with van der Waals surface area (Å²) in [5.41, 5.74) is 0.663. The molecule has 1 heterocycles. The van der Waals surface area contributed by atoms with E-state index in [9.17, 15) is 14.4 Å². The van der Waals surface area contributed by atoms with Gasteiger partial charge in [-0.3, -0.25) is 19.3 Å². The first-order chi connectivity index (χ1) is 11.1. The molecule has 1 N–H and O–H groups in total. The molecule has 4 atom stereocenters. The third-order valence-corrected chi connectivity index (χ3v) is 5.21. The maximum absolute atomic E-state index is 12.6. The van der Waals surface area contributed by atoms with Crippen LogP contribution in [0.4, 0.5) is 5.69 Å². The lowest BCUT2D eigenvalue weighted by molar-refractivity contribution is -0.142. The van der Waals surface area contributed by atoms with E-state index < -0.39 is 0 Å². The van der Waals surface area contributed by atoms with Crippen molar-refractivity contribution >= 4 is 23.4 Å². The second kappa shape index (κ2) is 5.33. The number of benzene rings is 1. The summed E-state index contributed by atoms with van der Waals surface area (Å²) in [5, 5.41) is 2.73. The van der Waals surface area contributed by atoms with E-state index >= 15 is 0 Å². The van der Waals surface area contributed by atoms with Crippen molar-refractivity contribution in [2.75, 3.05) is 11.9 Å². The van der Waals surface area contributed by atoms with Crippen molar-refractivity contribution in [2.45, 2.75) is 12.8 Å². The zero-order valence-corrected chi connectivity index (χ0v) is 12.6. The number of nitrogens with one attached hydrogen (secondary N) is 1. The monoisotopic (exact) mass is 310 g/mol. The van der Waals surface area contributed by atoms with Crippen molar-refractivity contribution in [1.82, 2.24) is 4.90 Å². The van der Waals surface area contributed by atoms with Crippen LogP contribution >= 0.6 is 0 Å². The molecule has 118 valence electrons. The summed E-state index contributed by atoms with van der Waals surface area (Å²) in [4.78, 5) is 38.6. The number of carbonyl (C=O) groups excluding carboxylic acids is 3. The highest BCUT2D eigenvalue weighted by Crippen LogP contribution is 2.49. The van der Waals surface area contributed by atoms with Gasteiger partial charge in [-0.15, -0.1) is 0 Å². The Balaban J connectivity index is 1.49. The maximum Gasteiger partial charge on any atom is 0.244 e. The molecule has 3 aliphatic carbocycles. The van der Waals surface area contributed by atoms with Gasteiger partial charge in [0.25, 0.3) is 0 Å². The Hall–Kier alpha value is -2.43. The van der Waals surface area contributed by atoms with Gasteiger partial charge in [0.2, 0.25) is 17.7 Å². The standard InChI is InChI=1S/C18H18N2O3/c21-14(19-13-4-2-1-3-5-13)10-20-17(22)15-11-6-7-12(9-8-11)16(15)18(20)23/h1-7,11-12,15-16H,8-10H2,(H,19,21). The van der Waals surface area contributed by atoms with Crippen molar-refractivity contribution in [3.05, 3.63) is 42.5 Å². The van der Waals surface area contributed by atoms with E-state index in [1.54, 1.807) is 12.1 Å². The summed E-state index contributed by atoms with van der Waals surface area (Å²) in [6.45, 7) is -0.195. The number of hydrogen-bond acceptors (Lipinski definition) is 3. The first-order valence-corrected chi connectivity index (χ1v) is 8.03. The van der Waals surface area contributed by atoms with E-state index in [-0.39, 0.29) is 47.9 Å². The molecule has 1 aliphatic heterocycles. The smallest absolute Gasteiger partial charge is 0.244 e. The minimum atomic E-state index is -0.336. The molecule has 0 radical (unpaired) electrons. The van der Waals surface area contributed by atoms with E-state index in [0.717, 1.165) is 17.7 Å². The number of likely N-dealkylation sites (tertiary alicyclic amines) is 1. The Morgan fingerprint density at radius 2 is 1.57 bits per heavy atom. The Morgan fingerprint density at radius 3 is 2.09 bits per heavy atom. The van der Waals surface area contributed by atoms with Crippen molar-refractivity contribution in [2.24, 2.45) is 23.7 Å². The fourth-order valence-electron chi connectivity index (χ4n) is 4.16. The van der Waals surface area contributed by atoms with Crippen LogP contribution in [0.5, 0.6) is 0 Å². The number of allylic oxidation sites excluding steroid dienone is 2. The zero-order chi connectivity index (χ0) is 16.0. The molecule has 1 aromatic rings. The molecule has 3 amide bonds. The highest BCUT2D eigenvalue weighted by molar-refractivity contribution is 6.09. The van der Waals surface area contributed by atoms with Crippen LogP contribution in [-0.4, -0.2) is 29.2 Å². The van der Waals surface area contributed by atoms with Gasteiger partial charge < -0.3 is 5.32 Å². The summed E-state index contributed by atoms with van der Waals surface area (Å²) in [7, 11) is 0. The van der Waals surface area contributed by atoms with Crippen LogP contribution in [-0.2, 0) is 14.4 Å². The summed E-state index contributed by atoms with van der Waals surface area (Å²) < 4.78 is 0. The highest BCUT2D eigenvalue weighted by Gasteiger charge is 2.56. The molecule has 5 heteroatoms. The lowest BCUT2D eigenvalue weighted by Crippen LogP contribution is -2.38. The highest BCUT2D eigenvalue weighted by atomic mass is 16.2. The number of rotatable bonds is 3. The summed E-state index contributed by atoms with van der Waals surface area (Å²) in [6, 6.07) is 9.04. The van der Waals surface area contributed by atoms with Crippen LogP contribution in [0.25, 0.3) is 0 Å². The molecule has 1 saturated carbocycles. The molecule has 0 aromatic heterocycles. The van der Waals surface area contributed by atoms with Crippen molar-refractivity contribution in [1.29, 1.82) is 0 Å². The molecule has 1 saturated heterocycles. The Bertz CT molecular complexity index is 665. The minimum absolute atomic E-state index is 0.156. The van der Waals surface area contributed by atoms with Gasteiger partial charge in [-0.25, -0.2) is 0 Å². The van der Waals surface area contributed by atoms with Crippen molar-refractivity contribution in [3.63, 3.8) is 0 Å². The third kappa shape index (κ3) is 2.27. The SMILES string of the molecule is O=C(CN1C(=O)C2C3C=CC(CC3)C2C1=O)Nc1ccccc1. The number of amides is 3. The fraction of sp³-hybridized carbons (Fsp3) is 0.389.